The molecule has 2 aromatic rings. The predicted molar refractivity (Wildman–Crippen MR) is 90.3 cm³/mol. The Bertz CT molecular complexity index is 589. The Kier molecular flexibility index (Phi) is 5.17. The summed E-state index contributed by atoms with van der Waals surface area (Å²) in [6, 6.07) is 5.97. The van der Waals surface area contributed by atoms with Crippen LogP contribution in [0.4, 0.5) is 0 Å². The van der Waals surface area contributed by atoms with E-state index in [9.17, 15) is 0 Å². The van der Waals surface area contributed by atoms with E-state index >= 15 is 0 Å². The van der Waals surface area contributed by atoms with Crippen molar-refractivity contribution in [3.05, 3.63) is 18.2 Å². The Morgan fingerprint density at radius 1 is 1.38 bits per heavy atom. The number of hydrogen-bond acceptors (Lipinski definition) is 4. The van der Waals surface area contributed by atoms with Crippen molar-refractivity contribution in [1.82, 2.24) is 15.3 Å². The zero-order valence-corrected chi connectivity index (χ0v) is 14.3. The average Bonchev–Trinajstić information content (AvgIpc) is 2.77. The minimum atomic E-state index is 0.148. The summed E-state index contributed by atoms with van der Waals surface area (Å²) < 4.78 is 5.52. The normalized spacial score (nSPS) is 13.6. The second-order valence-electron chi connectivity index (χ2n) is 6.21. The van der Waals surface area contributed by atoms with E-state index in [1.165, 1.54) is 0 Å². The van der Waals surface area contributed by atoms with E-state index in [0.29, 0.717) is 11.9 Å². The second-order valence-corrected chi connectivity index (χ2v) is 7.64. The van der Waals surface area contributed by atoms with Crippen LogP contribution in [-0.4, -0.2) is 33.9 Å². The molecule has 1 aromatic carbocycles. The Balaban J connectivity index is 2.02. The molecule has 0 saturated heterocycles. The number of aromatic nitrogens is 2. The lowest BCUT2D eigenvalue weighted by molar-refractivity contribution is 0.340. The molecule has 0 radical (unpaired) electrons. The number of nitrogens with zero attached hydrogens (tertiary/aromatic N) is 1. The van der Waals surface area contributed by atoms with Gasteiger partial charge in [0.2, 0.25) is 0 Å². The summed E-state index contributed by atoms with van der Waals surface area (Å²) in [5, 5.41) is 4.93. The second kappa shape index (κ2) is 6.71. The maximum Gasteiger partial charge on any atom is 0.166 e. The standard InChI is InChI=1S/C16H25N3OS/c1-6-20-12-7-8-13-14(9-12)19-15(18-13)21-11(2)10-17-16(3,4)5/h7-9,11,17H,6,10H2,1-5H3,(H,18,19). The number of imidazole rings is 1. The SMILES string of the molecule is CCOc1ccc2nc(SC(C)CNC(C)(C)C)[nH]c2c1. The molecule has 21 heavy (non-hydrogen) atoms. The van der Waals surface area contributed by atoms with Crippen LogP contribution in [0.15, 0.2) is 23.4 Å². The highest BCUT2D eigenvalue weighted by Crippen LogP contribution is 2.25. The smallest absolute Gasteiger partial charge is 0.166 e. The first-order valence-electron chi connectivity index (χ1n) is 7.41. The van der Waals surface area contributed by atoms with Gasteiger partial charge in [0, 0.05) is 23.4 Å². The van der Waals surface area contributed by atoms with Crippen LogP contribution in [0, 0.1) is 0 Å². The highest BCUT2D eigenvalue weighted by atomic mass is 32.2. The molecule has 0 bridgehead atoms. The number of hydrogen-bond donors (Lipinski definition) is 2. The first kappa shape index (κ1) is 16.2. The lowest BCUT2D eigenvalue weighted by Crippen LogP contribution is -2.39. The van der Waals surface area contributed by atoms with E-state index in [-0.39, 0.29) is 5.54 Å². The molecule has 0 aliphatic carbocycles. The molecule has 0 saturated carbocycles. The lowest BCUT2D eigenvalue weighted by atomic mass is 10.1. The van der Waals surface area contributed by atoms with Crippen molar-refractivity contribution in [3.63, 3.8) is 0 Å². The summed E-state index contributed by atoms with van der Waals surface area (Å²) in [6.45, 7) is 12.4. The minimum absolute atomic E-state index is 0.148. The van der Waals surface area contributed by atoms with Gasteiger partial charge in [-0.05, 0) is 39.8 Å². The van der Waals surface area contributed by atoms with Gasteiger partial charge in [0.15, 0.2) is 5.16 Å². The Morgan fingerprint density at radius 2 is 2.14 bits per heavy atom. The van der Waals surface area contributed by atoms with Gasteiger partial charge >= 0.3 is 0 Å². The summed E-state index contributed by atoms with van der Waals surface area (Å²) in [5.41, 5.74) is 2.16. The molecule has 0 spiro atoms. The number of aromatic amines is 1. The van der Waals surface area contributed by atoms with Crippen LogP contribution < -0.4 is 10.1 Å². The van der Waals surface area contributed by atoms with Gasteiger partial charge in [-0.1, -0.05) is 18.7 Å². The van der Waals surface area contributed by atoms with Gasteiger partial charge < -0.3 is 15.0 Å². The van der Waals surface area contributed by atoms with E-state index < -0.39 is 0 Å². The van der Waals surface area contributed by atoms with E-state index in [2.05, 4.69) is 43.0 Å². The lowest BCUT2D eigenvalue weighted by Gasteiger charge is -2.22. The molecular weight excluding hydrogens is 282 g/mol. The first-order valence-corrected chi connectivity index (χ1v) is 8.29. The molecule has 5 heteroatoms. The van der Waals surface area contributed by atoms with Crippen LogP contribution in [0.1, 0.15) is 34.6 Å². The van der Waals surface area contributed by atoms with Gasteiger partial charge in [-0.2, -0.15) is 0 Å². The molecule has 0 amide bonds. The molecule has 2 rings (SSSR count). The average molecular weight is 307 g/mol. The first-order chi connectivity index (χ1) is 9.87. The molecule has 1 aromatic heterocycles. The van der Waals surface area contributed by atoms with Crippen molar-refractivity contribution in [2.75, 3.05) is 13.2 Å². The third-order valence-electron chi connectivity index (χ3n) is 2.98. The van der Waals surface area contributed by atoms with Crippen LogP contribution in [0.5, 0.6) is 5.75 Å². The number of thioether (sulfide) groups is 1. The minimum Gasteiger partial charge on any atom is -0.494 e. The number of fused-ring (bicyclic) bond motifs is 1. The van der Waals surface area contributed by atoms with Gasteiger partial charge in [0.25, 0.3) is 0 Å². The van der Waals surface area contributed by atoms with Crippen molar-refractivity contribution in [3.8, 4) is 5.75 Å². The van der Waals surface area contributed by atoms with Gasteiger partial charge in [-0.25, -0.2) is 4.98 Å². The summed E-state index contributed by atoms with van der Waals surface area (Å²) in [7, 11) is 0. The maximum absolute atomic E-state index is 5.52. The highest BCUT2D eigenvalue weighted by molar-refractivity contribution is 7.99. The zero-order valence-electron chi connectivity index (χ0n) is 13.5. The van der Waals surface area contributed by atoms with Crippen molar-refractivity contribution in [1.29, 1.82) is 0 Å². The van der Waals surface area contributed by atoms with Crippen LogP contribution in [-0.2, 0) is 0 Å². The van der Waals surface area contributed by atoms with Gasteiger partial charge in [-0.15, -0.1) is 0 Å². The Hall–Kier alpha value is -1.20. The van der Waals surface area contributed by atoms with E-state index in [4.69, 9.17) is 4.74 Å². The number of benzene rings is 1. The monoisotopic (exact) mass is 307 g/mol. The van der Waals surface area contributed by atoms with Gasteiger partial charge in [0.05, 0.1) is 17.6 Å². The number of H-pyrrole nitrogens is 1. The van der Waals surface area contributed by atoms with Crippen LogP contribution >= 0.6 is 11.8 Å². The third-order valence-corrected chi connectivity index (χ3v) is 3.96. The molecule has 1 unspecified atom stereocenters. The summed E-state index contributed by atoms with van der Waals surface area (Å²) >= 11 is 1.76. The van der Waals surface area contributed by atoms with Gasteiger partial charge in [0.1, 0.15) is 5.75 Å². The Morgan fingerprint density at radius 3 is 2.81 bits per heavy atom. The number of rotatable bonds is 6. The molecule has 1 atom stereocenters. The fourth-order valence-corrected chi connectivity index (χ4v) is 2.83. The molecule has 4 nitrogen and oxygen atoms in total. The van der Waals surface area contributed by atoms with E-state index in [0.717, 1.165) is 28.5 Å². The predicted octanol–water partition coefficient (Wildman–Crippen LogP) is 3.83. The van der Waals surface area contributed by atoms with Crippen molar-refractivity contribution < 1.29 is 4.74 Å². The van der Waals surface area contributed by atoms with E-state index in [1.807, 2.05) is 25.1 Å². The van der Waals surface area contributed by atoms with Crippen LogP contribution in [0.2, 0.25) is 0 Å². The molecule has 116 valence electrons. The molecule has 2 N–H and O–H groups in total. The van der Waals surface area contributed by atoms with Gasteiger partial charge in [-0.3, -0.25) is 0 Å². The highest BCUT2D eigenvalue weighted by Gasteiger charge is 2.13. The molecule has 0 fully saturated rings. The van der Waals surface area contributed by atoms with Crippen LogP contribution in [0.25, 0.3) is 11.0 Å². The molecule has 0 aliphatic rings. The zero-order chi connectivity index (χ0) is 15.5. The molecule has 1 heterocycles. The third kappa shape index (κ3) is 4.93. The maximum atomic E-state index is 5.52. The number of nitrogens with one attached hydrogen (secondary N) is 2. The molecule has 0 aliphatic heterocycles. The quantitative estimate of drug-likeness (QED) is 0.796. The van der Waals surface area contributed by atoms with Crippen LogP contribution in [0.3, 0.4) is 0 Å². The van der Waals surface area contributed by atoms with Crippen molar-refractivity contribution in [2.45, 2.75) is 50.6 Å². The molecular formula is C16H25N3OS. The van der Waals surface area contributed by atoms with E-state index in [1.54, 1.807) is 11.8 Å². The van der Waals surface area contributed by atoms with Crippen molar-refractivity contribution >= 4 is 22.8 Å². The fraction of sp³-hybridized carbons (Fsp3) is 0.562. The fourth-order valence-electron chi connectivity index (χ4n) is 1.96. The number of ether oxygens (including phenoxy) is 1. The largest absolute Gasteiger partial charge is 0.494 e. The summed E-state index contributed by atoms with van der Waals surface area (Å²) in [6.07, 6.45) is 0. The Labute approximate surface area is 131 Å². The summed E-state index contributed by atoms with van der Waals surface area (Å²) in [4.78, 5) is 7.99. The topological polar surface area (TPSA) is 49.9 Å². The van der Waals surface area contributed by atoms with Crippen molar-refractivity contribution in [2.24, 2.45) is 0 Å². The summed E-state index contributed by atoms with van der Waals surface area (Å²) in [5.74, 6) is 0.882.